The molecule has 7 heteroatoms. The van der Waals surface area contributed by atoms with Gasteiger partial charge in [-0.05, 0) is 17.5 Å². The Morgan fingerprint density at radius 2 is 1.76 bits per heavy atom. The molecule has 1 heterocycles. The van der Waals surface area contributed by atoms with E-state index in [2.05, 4.69) is 23.5 Å². The summed E-state index contributed by atoms with van der Waals surface area (Å²) in [5, 5.41) is 3.51. The molecule has 0 aliphatic heterocycles. The van der Waals surface area contributed by atoms with Gasteiger partial charge in [-0.3, -0.25) is 4.52 Å². The number of nitrogens with zero attached hydrogens (tertiary/aromatic N) is 1. The van der Waals surface area contributed by atoms with Crippen LogP contribution in [0.15, 0.2) is 13.7 Å². The zero-order valence-electron chi connectivity index (χ0n) is 15.3. The molecular formula is C18H30ClNO5. The molecule has 0 saturated carbocycles. The maximum absolute atomic E-state index is 11.1. The molecule has 1 aromatic heterocycles. The monoisotopic (exact) mass is 375 g/mol. The first-order valence-electron chi connectivity index (χ1n) is 9.39. The van der Waals surface area contributed by atoms with Crippen LogP contribution in [0.4, 0.5) is 4.79 Å². The van der Waals surface area contributed by atoms with Crippen LogP contribution >= 0.6 is 11.6 Å². The molecule has 0 radical (unpaired) electrons. The van der Waals surface area contributed by atoms with Gasteiger partial charge in [0.15, 0.2) is 6.10 Å². The van der Waals surface area contributed by atoms with Crippen molar-refractivity contribution in [3.05, 3.63) is 16.5 Å². The summed E-state index contributed by atoms with van der Waals surface area (Å²) in [5.41, 5.74) is -0.947. The van der Waals surface area contributed by atoms with Crippen LogP contribution in [-0.4, -0.2) is 10.6 Å². The predicted octanol–water partition coefficient (Wildman–Crippen LogP) is 5.99. The highest BCUT2D eigenvalue weighted by Crippen LogP contribution is 2.29. The van der Waals surface area contributed by atoms with E-state index in [-0.39, 0.29) is 5.89 Å². The van der Waals surface area contributed by atoms with E-state index in [1.807, 2.05) is 0 Å². The SMILES string of the molecule is CCCCCCCCCCC(CC)CC(OC(=O)Cl)c1noc(=O)o1. The zero-order valence-corrected chi connectivity index (χ0v) is 16.1. The van der Waals surface area contributed by atoms with Gasteiger partial charge in [-0.25, -0.2) is 9.59 Å². The molecule has 1 aromatic rings. The van der Waals surface area contributed by atoms with E-state index in [0.29, 0.717) is 12.3 Å². The summed E-state index contributed by atoms with van der Waals surface area (Å²) in [4.78, 5) is 22.1. The van der Waals surface area contributed by atoms with Gasteiger partial charge < -0.3 is 9.15 Å². The van der Waals surface area contributed by atoms with Crippen molar-refractivity contribution in [3.8, 4) is 0 Å². The zero-order chi connectivity index (χ0) is 18.5. The van der Waals surface area contributed by atoms with Gasteiger partial charge >= 0.3 is 11.3 Å². The molecule has 6 nitrogen and oxygen atoms in total. The maximum atomic E-state index is 11.1. The molecule has 0 aliphatic carbocycles. The van der Waals surface area contributed by atoms with Gasteiger partial charge in [0.05, 0.1) is 0 Å². The van der Waals surface area contributed by atoms with Gasteiger partial charge in [-0.15, -0.1) is 0 Å². The molecule has 0 spiro atoms. The number of hydrogen-bond donors (Lipinski definition) is 0. The van der Waals surface area contributed by atoms with Gasteiger partial charge in [0.25, 0.3) is 5.89 Å². The Labute approximate surface area is 154 Å². The number of rotatable bonds is 14. The van der Waals surface area contributed by atoms with Crippen molar-refractivity contribution < 1.29 is 18.5 Å². The minimum Gasteiger partial charge on any atom is -0.440 e. The third-order valence-corrected chi connectivity index (χ3v) is 4.59. The number of halogens is 1. The average Bonchev–Trinajstić information content (AvgIpc) is 3.01. The number of ether oxygens (including phenoxy) is 1. The minimum atomic E-state index is -0.947. The summed E-state index contributed by atoms with van der Waals surface area (Å²) >= 11 is 5.31. The Hall–Kier alpha value is -1.30. The quantitative estimate of drug-likeness (QED) is 0.293. The van der Waals surface area contributed by atoms with Crippen LogP contribution in [0.1, 0.15) is 96.5 Å². The molecule has 0 N–H and O–H groups in total. The lowest BCUT2D eigenvalue weighted by Gasteiger charge is -2.19. The smallest absolute Gasteiger partial charge is 0.440 e. The first kappa shape index (κ1) is 21.7. The molecular weight excluding hydrogens is 346 g/mol. The molecule has 0 amide bonds. The van der Waals surface area contributed by atoms with Crippen molar-refractivity contribution in [3.63, 3.8) is 0 Å². The third kappa shape index (κ3) is 9.68. The highest BCUT2D eigenvalue weighted by atomic mass is 35.5. The summed E-state index contributed by atoms with van der Waals surface area (Å²) in [6.45, 7) is 4.32. The number of aromatic nitrogens is 1. The Balaban J connectivity index is 2.35. The van der Waals surface area contributed by atoms with E-state index in [1.54, 1.807) is 0 Å². The van der Waals surface area contributed by atoms with Gasteiger partial charge in [-0.1, -0.05) is 78.1 Å². The van der Waals surface area contributed by atoms with Gasteiger partial charge in [0.1, 0.15) is 0 Å². The highest BCUT2D eigenvalue weighted by molar-refractivity contribution is 6.61. The fourth-order valence-corrected chi connectivity index (χ4v) is 3.11. The Bertz CT molecular complexity index is 528. The number of carbonyl (C=O) groups is 1. The second kappa shape index (κ2) is 13.0. The fourth-order valence-electron chi connectivity index (χ4n) is 3.00. The number of unbranched alkanes of at least 4 members (excludes halogenated alkanes) is 7. The van der Waals surface area contributed by atoms with Gasteiger partial charge in [-0.2, -0.15) is 0 Å². The largest absolute Gasteiger partial charge is 0.542 e. The Morgan fingerprint density at radius 1 is 1.12 bits per heavy atom. The first-order chi connectivity index (χ1) is 12.1. The molecule has 0 aliphatic rings. The summed E-state index contributed by atoms with van der Waals surface area (Å²) in [7, 11) is 0. The average molecular weight is 376 g/mol. The highest BCUT2D eigenvalue weighted by Gasteiger charge is 2.26. The van der Waals surface area contributed by atoms with Crippen LogP contribution in [0, 0.1) is 5.92 Å². The standard InChI is InChI=1S/C18H30ClNO5/c1-3-5-6-7-8-9-10-11-12-14(4-2)13-15(23-17(19)21)16-20-25-18(22)24-16/h14-15H,3-13H2,1-2H3. The topological polar surface area (TPSA) is 82.5 Å². The van der Waals surface area contributed by atoms with Crippen LogP contribution in [0.3, 0.4) is 0 Å². The van der Waals surface area contributed by atoms with E-state index in [0.717, 1.165) is 19.3 Å². The summed E-state index contributed by atoms with van der Waals surface area (Å²) < 4.78 is 14.2. The van der Waals surface area contributed by atoms with E-state index < -0.39 is 17.4 Å². The molecule has 0 bridgehead atoms. The van der Waals surface area contributed by atoms with Gasteiger partial charge in [0.2, 0.25) is 0 Å². The van der Waals surface area contributed by atoms with Crippen molar-refractivity contribution in [2.24, 2.45) is 5.92 Å². The van der Waals surface area contributed by atoms with Gasteiger partial charge in [0, 0.05) is 11.6 Å². The second-order valence-electron chi connectivity index (χ2n) is 6.49. The Kier molecular flexibility index (Phi) is 11.3. The first-order valence-corrected chi connectivity index (χ1v) is 9.77. The minimum absolute atomic E-state index is 0.0339. The van der Waals surface area contributed by atoms with E-state index in [4.69, 9.17) is 20.8 Å². The van der Waals surface area contributed by atoms with Crippen LogP contribution in [-0.2, 0) is 4.74 Å². The maximum Gasteiger partial charge on any atom is 0.542 e. The molecule has 1 rings (SSSR count). The summed E-state index contributed by atoms with van der Waals surface area (Å²) in [5.74, 6) is -0.613. The molecule has 144 valence electrons. The predicted molar refractivity (Wildman–Crippen MR) is 95.7 cm³/mol. The van der Waals surface area contributed by atoms with Crippen LogP contribution in [0.2, 0.25) is 0 Å². The van der Waals surface area contributed by atoms with Crippen molar-refractivity contribution in [2.45, 2.75) is 90.6 Å². The van der Waals surface area contributed by atoms with Crippen LogP contribution in [0.25, 0.3) is 0 Å². The second-order valence-corrected chi connectivity index (χ2v) is 6.80. The third-order valence-electron chi connectivity index (χ3n) is 4.50. The van der Waals surface area contributed by atoms with E-state index >= 15 is 0 Å². The normalized spacial score (nSPS) is 13.6. The molecule has 2 unspecified atom stereocenters. The molecule has 2 atom stereocenters. The molecule has 25 heavy (non-hydrogen) atoms. The molecule has 0 aromatic carbocycles. The van der Waals surface area contributed by atoms with Crippen molar-refractivity contribution in [2.75, 3.05) is 0 Å². The van der Waals surface area contributed by atoms with Crippen LogP contribution < -0.4 is 5.82 Å². The molecule has 0 saturated heterocycles. The van der Waals surface area contributed by atoms with Crippen molar-refractivity contribution >= 4 is 17.0 Å². The lowest BCUT2D eigenvalue weighted by Crippen LogP contribution is -2.13. The van der Waals surface area contributed by atoms with E-state index in [1.165, 1.54) is 44.9 Å². The van der Waals surface area contributed by atoms with E-state index in [9.17, 15) is 9.59 Å². The van der Waals surface area contributed by atoms with Crippen LogP contribution in [0.5, 0.6) is 0 Å². The summed E-state index contributed by atoms with van der Waals surface area (Å²) in [6.07, 6.45) is 11.9. The lowest BCUT2D eigenvalue weighted by atomic mass is 9.92. The molecule has 0 fully saturated rings. The number of hydrogen-bond acceptors (Lipinski definition) is 6. The lowest BCUT2D eigenvalue weighted by molar-refractivity contribution is 0.0808. The Morgan fingerprint density at radius 3 is 2.28 bits per heavy atom. The van der Waals surface area contributed by atoms with Crippen molar-refractivity contribution in [1.29, 1.82) is 0 Å². The number of carbonyl (C=O) groups excluding carboxylic acids is 1. The van der Waals surface area contributed by atoms with Crippen molar-refractivity contribution in [1.82, 2.24) is 5.16 Å². The summed E-state index contributed by atoms with van der Waals surface area (Å²) in [6, 6.07) is 0. The fraction of sp³-hybridized carbons (Fsp3) is 0.833.